The van der Waals surface area contributed by atoms with E-state index in [2.05, 4.69) is 59.6 Å². The molecular weight excluding hydrogens is 651 g/mol. The number of hydrogen-bond donors (Lipinski definition) is 1. The van der Waals surface area contributed by atoms with Gasteiger partial charge in [-0.1, -0.05) is 42.5 Å². The summed E-state index contributed by atoms with van der Waals surface area (Å²) in [5.41, 5.74) is 9.60. The van der Waals surface area contributed by atoms with E-state index in [1.165, 1.54) is 38.9 Å². The molecule has 2 amide bonds. The molecule has 1 aromatic heterocycles. The number of carbonyl (C=O) groups excluding carboxylic acids is 2. The van der Waals surface area contributed by atoms with Crippen LogP contribution in [0.2, 0.25) is 0 Å². The van der Waals surface area contributed by atoms with Gasteiger partial charge in [-0.2, -0.15) is 0 Å². The molecule has 0 bridgehead atoms. The van der Waals surface area contributed by atoms with Crippen molar-refractivity contribution in [2.24, 2.45) is 4.99 Å². The highest BCUT2D eigenvalue weighted by Gasteiger charge is 2.38. The number of nitrogens with zero attached hydrogens (tertiary/aromatic N) is 4. The molecule has 3 aliphatic heterocycles. The summed E-state index contributed by atoms with van der Waals surface area (Å²) in [7, 11) is 0. The van der Waals surface area contributed by atoms with Crippen molar-refractivity contribution in [3.63, 3.8) is 0 Å². The van der Waals surface area contributed by atoms with Crippen molar-refractivity contribution in [1.82, 2.24) is 19.8 Å². The van der Waals surface area contributed by atoms with Gasteiger partial charge in [0.2, 0.25) is 0 Å². The molecular formula is C43H49N5O4. The summed E-state index contributed by atoms with van der Waals surface area (Å²) < 4.78 is 11.4. The van der Waals surface area contributed by atoms with Crippen LogP contribution in [-0.2, 0) is 15.9 Å². The lowest BCUT2D eigenvalue weighted by Gasteiger charge is -2.28. The van der Waals surface area contributed by atoms with Gasteiger partial charge < -0.3 is 14.5 Å². The van der Waals surface area contributed by atoms with Crippen molar-refractivity contribution in [2.75, 3.05) is 13.1 Å². The standard InChI is InChI=1S/C43H49N5O4/c1-42(2,3)51-40(49)47-19-7-9-37(47)35-24-33-32-17-15-29(22-30(32)16-18-34(33)45-35)26-11-12-28-23-31(14-13-27(28)21-26)36-25-44-39(46-36)38-10-8-20-48(38)41(50)52-43(4,5)6/h11-15,17,21-23,25,37-38H,7-10,16,18-20,24H2,1-6H3,(H,44,46)/t37-,38-/m0/s1. The third kappa shape index (κ3) is 6.73. The molecule has 9 nitrogen and oxygen atoms in total. The first-order valence-corrected chi connectivity index (χ1v) is 18.8. The number of aryl methyl sites for hydroxylation is 1. The van der Waals surface area contributed by atoms with Crippen LogP contribution in [0.5, 0.6) is 0 Å². The van der Waals surface area contributed by atoms with Crippen LogP contribution in [0.25, 0.3) is 38.7 Å². The Balaban J connectivity index is 0.967. The van der Waals surface area contributed by atoms with Crippen LogP contribution >= 0.6 is 0 Å². The molecule has 8 rings (SSSR count). The van der Waals surface area contributed by atoms with E-state index in [4.69, 9.17) is 19.5 Å². The van der Waals surface area contributed by atoms with Crippen LogP contribution < -0.4 is 0 Å². The number of fused-ring (bicyclic) bond motifs is 3. The first-order valence-electron chi connectivity index (χ1n) is 18.8. The van der Waals surface area contributed by atoms with Crippen molar-refractivity contribution < 1.29 is 19.1 Å². The topological polar surface area (TPSA) is 100 Å². The maximum absolute atomic E-state index is 13.0. The number of aliphatic imine (C=N–C) groups is 1. The number of aromatic amines is 1. The minimum absolute atomic E-state index is 0.0124. The summed E-state index contributed by atoms with van der Waals surface area (Å²) in [6, 6.07) is 19.9. The lowest BCUT2D eigenvalue weighted by Crippen LogP contribution is -2.43. The van der Waals surface area contributed by atoms with Gasteiger partial charge in [-0.25, -0.2) is 14.6 Å². The number of imidazole rings is 1. The fraction of sp³-hybridized carbons (Fsp3) is 0.442. The number of amides is 2. The number of benzene rings is 3. The zero-order valence-electron chi connectivity index (χ0n) is 31.2. The molecule has 0 radical (unpaired) electrons. The Morgan fingerprint density at radius 2 is 1.35 bits per heavy atom. The number of aromatic nitrogens is 2. The Hall–Kier alpha value is -4.92. The van der Waals surface area contributed by atoms with Gasteiger partial charge in [-0.15, -0.1) is 0 Å². The van der Waals surface area contributed by atoms with Gasteiger partial charge in [0.1, 0.15) is 17.0 Å². The minimum Gasteiger partial charge on any atom is -0.444 e. The number of rotatable bonds is 4. The number of ether oxygens (including phenoxy) is 2. The summed E-state index contributed by atoms with van der Waals surface area (Å²) >= 11 is 0. The number of H-pyrrole nitrogens is 1. The van der Waals surface area contributed by atoms with Crippen LogP contribution in [0, 0.1) is 0 Å². The van der Waals surface area contributed by atoms with Crippen LogP contribution in [0.15, 0.2) is 71.5 Å². The summed E-state index contributed by atoms with van der Waals surface area (Å²) in [5.74, 6) is 0.797. The second kappa shape index (κ2) is 12.9. The fourth-order valence-electron chi connectivity index (χ4n) is 8.23. The van der Waals surface area contributed by atoms with Crippen LogP contribution in [-0.4, -0.2) is 68.0 Å². The Kier molecular flexibility index (Phi) is 8.50. The Labute approximate surface area is 306 Å². The van der Waals surface area contributed by atoms with Crippen molar-refractivity contribution in [3.05, 3.63) is 83.4 Å². The maximum Gasteiger partial charge on any atom is 0.410 e. The Morgan fingerprint density at radius 1 is 0.750 bits per heavy atom. The van der Waals surface area contributed by atoms with Gasteiger partial charge in [0.25, 0.3) is 0 Å². The predicted octanol–water partition coefficient (Wildman–Crippen LogP) is 9.87. The fourth-order valence-corrected chi connectivity index (χ4v) is 8.23. The van der Waals surface area contributed by atoms with E-state index >= 15 is 0 Å². The van der Waals surface area contributed by atoms with E-state index in [-0.39, 0.29) is 24.3 Å². The lowest BCUT2D eigenvalue weighted by molar-refractivity contribution is 0.0216. The Morgan fingerprint density at radius 3 is 2.04 bits per heavy atom. The SMILES string of the molecule is CC(C)(C)OC(=O)N1CCC[C@H]1C1=NC2=C(C1)c1ccc(-c3ccc4cc(-c5cnc([C@@H]6CCCN6C(=O)OC(C)(C)C)[nH]5)ccc4c3)cc1CC2. The molecule has 4 aromatic rings. The molecule has 52 heavy (non-hydrogen) atoms. The molecule has 1 N–H and O–H groups in total. The van der Waals surface area contributed by atoms with Crippen molar-refractivity contribution in [2.45, 2.75) is 110 Å². The highest BCUT2D eigenvalue weighted by atomic mass is 16.6. The molecule has 1 aliphatic carbocycles. The molecule has 0 saturated carbocycles. The third-order valence-electron chi connectivity index (χ3n) is 10.6. The summed E-state index contributed by atoms with van der Waals surface area (Å²) in [5, 5.41) is 2.33. The maximum atomic E-state index is 13.0. The van der Waals surface area contributed by atoms with Crippen molar-refractivity contribution in [1.29, 1.82) is 0 Å². The van der Waals surface area contributed by atoms with Crippen LogP contribution in [0.1, 0.15) is 103 Å². The van der Waals surface area contributed by atoms with E-state index in [0.717, 1.165) is 79.7 Å². The van der Waals surface area contributed by atoms with Gasteiger partial charge in [0.15, 0.2) is 0 Å². The smallest absolute Gasteiger partial charge is 0.410 e. The number of nitrogens with one attached hydrogen (secondary N) is 1. The lowest BCUT2D eigenvalue weighted by atomic mass is 9.85. The normalized spacial score (nSPS) is 20.3. The van der Waals surface area contributed by atoms with Crippen molar-refractivity contribution in [3.8, 4) is 22.4 Å². The zero-order chi connectivity index (χ0) is 36.4. The van der Waals surface area contributed by atoms with E-state index < -0.39 is 11.2 Å². The second-order valence-corrected chi connectivity index (χ2v) is 16.7. The molecule has 4 aliphatic rings. The molecule has 2 fully saturated rings. The Bertz CT molecular complexity index is 2130. The quantitative estimate of drug-likeness (QED) is 0.229. The van der Waals surface area contributed by atoms with Crippen LogP contribution in [0.3, 0.4) is 0 Å². The zero-order valence-corrected chi connectivity index (χ0v) is 31.2. The highest BCUT2D eigenvalue weighted by Crippen LogP contribution is 2.42. The second-order valence-electron chi connectivity index (χ2n) is 16.7. The largest absolute Gasteiger partial charge is 0.444 e. The summed E-state index contributed by atoms with van der Waals surface area (Å²) in [6.07, 6.45) is 7.71. The average molecular weight is 700 g/mol. The van der Waals surface area contributed by atoms with Gasteiger partial charge in [0, 0.05) is 36.5 Å². The number of allylic oxidation sites excluding steroid dienone is 2. The van der Waals surface area contributed by atoms with Gasteiger partial charge in [0.05, 0.1) is 24.0 Å². The molecule has 0 unspecified atom stereocenters. The van der Waals surface area contributed by atoms with E-state index in [1.54, 1.807) is 4.90 Å². The van der Waals surface area contributed by atoms with Crippen molar-refractivity contribution >= 4 is 34.2 Å². The highest BCUT2D eigenvalue weighted by molar-refractivity contribution is 6.05. The summed E-state index contributed by atoms with van der Waals surface area (Å²) in [6.45, 7) is 12.8. The van der Waals surface area contributed by atoms with Gasteiger partial charge in [-0.05, 0) is 131 Å². The average Bonchev–Trinajstić information content (AvgIpc) is 3.91. The number of carbonyl (C=O) groups is 2. The third-order valence-corrected chi connectivity index (χ3v) is 10.6. The van der Waals surface area contributed by atoms with E-state index in [9.17, 15) is 9.59 Å². The van der Waals surface area contributed by atoms with Gasteiger partial charge >= 0.3 is 12.2 Å². The van der Waals surface area contributed by atoms with E-state index in [0.29, 0.717) is 6.54 Å². The molecule has 3 aromatic carbocycles. The first kappa shape index (κ1) is 34.2. The molecule has 270 valence electrons. The van der Waals surface area contributed by atoms with E-state index in [1.807, 2.05) is 52.6 Å². The molecule has 2 atom stereocenters. The molecule has 9 heteroatoms. The number of likely N-dealkylation sites (tertiary alicyclic amines) is 2. The predicted molar refractivity (Wildman–Crippen MR) is 205 cm³/mol. The molecule has 4 heterocycles. The number of hydrogen-bond acceptors (Lipinski definition) is 6. The minimum atomic E-state index is -0.536. The first-order chi connectivity index (χ1) is 24.8. The van der Waals surface area contributed by atoms with Crippen LogP contribution in [0.4, 0.5) is 9.59 Å². The molecule has 2 saturated heterocycles. The summed E-state index contributed by atoms with van der Waals surface area (Å²) in [4.78, 5) is 42.9. The monoisotopic (exact) mass is 699 g/mol. The molecule has 0 spiro atoms. The van der Waals surface area contributed by atoms with Gasteiger partial charge in [-0.3, -0.25) is 14.8 Å².